The summed E-state index contributed by atoms with van der Waals surface area (Å²) in [7, 11) is 0. The van der Waals surface area contributed by atoms with E-state index in [1.807, 2.05) is 0 Å². The third kappa shape index (κ3) is 2.00. The molecule has 0 aromatic carbocycles. The minimum Gasteiger partial charge on any atom is -0.0873 e. The highest BCUT2D eigenvalue weighted by Gasteiger charge is 2.17. The van der Waals surface area contributed by atoms with Crippen LogP contribution < -0.4 is 0 Å². The summed E-state index contributed by atoms with van der Waals surface area (Å²) in [5.74, 6) is 1.34. The predicted molar refractivity (Wildman–Crippen MR) is 63.3 cm³/mol. The van der Waals surface area contributed by atoms with Crippen LogP contribution in [0.25, 0.3) is 0 Å². The van der Waals surface area contributed by atoms with Crippen LogP contribution in [0.15, 0.2) is 33.5 Å². The molecule has 1 heteroatoms. The van der Waals surface area contributed by atoms with Crippen LogP contribution in [0.2, 0.25) is 0 Å². The molecule has 1 rings (SSSR count). The van der Waals surface area contributed by atoms with Crippen LogP contribution in [-0.4, -0.2) is 0 Å². The summed E-state index contributed by atoms with van der Waals surface area (Å²) in [6, 6.07) is 0. The highest BCUT2D eigenvalue weighted by molar-refractivity contribution is 14.1. The first-order valence-corrected chi connectivity index (χ1v) is 5.45. The minimum absolute atomic E-state index is 0.665. The summed E-state index contributed by atoms with van der Waals surface area (Å²) in [6.07, 6.45) is 8.86. The van der Waals surface area contributed by atoms with Crippen molar-refractivity contribution in [2.24, 2.45) is 11.8 Å². The van der Waals surface area contributed by atoms with Gasteiger partial charge in [0.05, 0.1) is 0 Å². The van der Waals surface area contributed by atoms with Gasteiger partial charge in [0, 0.05) is 3.58 Å². The normalized spacial score (nSPS) is 30.3. The molecule has 1 aliphatic rings. The molecular weight excluding hydrogens is 259 g/mol. The molecule has 0 spiro atoms. The van der Waals surface area contributed by atoms with Crippen LogP contribution in [0, 0.1) is 11.8 Å². The molecule has 0 saturated carbocycles. The monoisotopic (exact) mass is 274 g/mol. The van der Waals surface area contributed by atoms with Gasteiger partial charge in [-0.15, -0.1) is 0 Å². The molecule has 0 aromatic heterocycles. The van der Waals surface area contributed by atoms with Gasteiger partial charge in [-0.3, -0.25) is 0 Å². The molecule has 2 atom stereocenters. The van der Waals surface area contributed by atoms with Crippen molar-refractivity contribution in [3.63, 3.8) is 0 Å². The van der Waals surface area contributed by atoms with E-state index in [9.17, 15) is 0 Å². The third-order valence-corrected chi connectivity index (χ3v) is 3.43. The van der Waals surface area contributed by atoms with Crippen molar-refractivity contribution in [2.75, 3.05) is 0 Å². The van der Waals surface area contributed by atoms with Crippen LogP contribution in [-0.2, 0) is 0 Å². The SMILES string of the molecule is C/C=C\C1=C(I)C=CC(C)C1C. The Morgan fingerprint density at radius 2 is 2.08 bits per heavy atom. The van der Waals surface area contributed by atoms with Crippen molar-refractivity contribution in [2.45, 2.75) is 20.8 Å². The van der Waals surface area contributed by atoms with E-state index in [0.717, 1.165) is 0 Å². The van der Waals surface area contributed by atoms with Crippen LogP contribution in [0.4, 0.5) is 0 Å². The van der Waals surface area contributed by atoms with Crippen LogP contribution in [0.3, 0.4) is 0 Å². The Balaban J connectivity index is 2.97. The van der Waals surface area contributed by atoms with Crippen molar-refractivity contribution >= 4 is 22.6 Å². The minimum atomic E-state index is 0.665. The van der Waals surface area contributed by atoms with Crippen molar-refractivity contribution in [1.29, 1.82) is 0 Å². The van der Waals surface area contributed by atoms with E-state index in [0.29, 0.717) is 11.8 Å². The molecule has 0 saturated heterocycles. The third-order valence-electron chi connectivity index (χ3n) is 2.45. The van der Waals surface area contributed by atoms with Crippen molar-refractivity contribution < 1.29 is 0 Å². The summed E-state index contributed by atoms with van der Waals surface area (Å²) in [4.78, 5) is 0. The first kappa shape index (κ1) is 10.0. The summed E-state index contributed by atoms with van der Waals surface area (Å²) < 4.78 is 1.39. The fraction of sp³-hybridized carbons (Fsp3) is 0.455. The summed E-state index contributed by atoms with van der Waals surface area (Å²) >= 11 is 2.41. The van der Waals surface area contributed by atoms with Gasteiger partial charge in [-0.2, -0.15) is 0 Å². The van der Waals surface area contributed by atoms with E-state index >= 15 is 0 Å². The second kappa shape index (κ2) is 4.26. The summed E-state index contributed by atoms with van der Waals surface area (Å²) in [5.41, 5.74) is 1.48. The molecule has 0 aliphatic heterocycles. The summed E-state index contributed by atoms with van der Waals surface area (Å²) in [6.45, 7) is 6.64. The zero-order chi connectivity index (χ0) is 9.14. The van der Waals surface area contributed by atoms with Crippen LogP contribution in [0.1, 0.15) is 20.8 Å². The average Bonchev–Trinajstić information content (AvgIpc) is 2.06. The first-order chi connectivity index (χ1) is 5.66. The molecule has 2 unspecified atom stereocenters. The van der Waals surface area contributed by atoms with E-state index < -0.39 is 0 Å². The fourth-order valence-corrected chi connectivity index (χ4v) is 2.29. The number of rotatable bonds is 1. The van der Waals surface area contributed by atoms with E-state index in [1.54, 1.807) is 0 Å². The summed E-state index contributed by atoms with van der Waals surface area (Å²) in [5, 5.41) is 0. The van der Waals surface area contributed by atoms with Crippen LogP contribution in [0.5, 0.6) is 0 Å². The van der Waals surface area contributed by atoms with E-state index in [1.165, 1.54) is 9.15 Å². The molecule has 1 aliphatic carbocycles. The fourth-order valence-electron chi connectivity index (χ4n) is 1.41. The number of halogens is 1. The van der Waals surface area contributed by atoms with Gasteiger partial charge in [0.15, 0.2) is 0 Å². The van der Waals surface area contributed by atoms with E-state index in [4.69, 9.17) is 0 Å². The molecule has 12 heavy (non-hydrogen) atoms. The van der Waals surface area contributed by atoms with Gasteiger partial charge in [-0.05, 0) is 46.9 Å². The zero-order valence-corrected chi connectivity index (χ0v) is 10.00. The highest BCUT2D eigenvalue weighted by Crippen LogP contribution is 2.33. The lowest BCUT2D eigenvalue weighted by atomic mass is 9.85. The molecular formula is C11H15I. The number of hydrogen-bond donors (Lipinski definition) is 0. The molecule has 0 fully saturated rings. The molecule has 0 radical (unpaired) electrons. The predicted octanol–water partition coefficient (Wildman–Crippen LogP) is 4.09. The molecule has 0 heterocycles. The van der Waals surface area contributed by atoms with Gasteiger partial charge in [0.2, 0.25) is 0 Å². The van der Waals surface area contributed by atoms with E-state index in [-0.39, 0.29) is 0 Å². The van der Waals surface area contributed by atoms with Crippen molar-refractivity contribution in [3.05, 3.63) is 33.5 Å². The van der Waals surface area contributed by atoms with Gasteiger partial charge in [0.25, 0.3) is 0 Å². The van der Waals surface area contributed by atoms with Gasteiger partial charge < -0.3 is 0 Å². The lowest BCUT2D eigenvalue weighted by Gasteiger charge is -2.23. The quantitative estimate of drug-likeness (QED) is 0.632. The van der Waals surface area contributed by atoms with Crippen LogP contribution >= 0.6 is 22.6 Å². The Bertz CT molecular complexity index is 246. The van der Waals surface area contributed by atoms with Gasteiger partial charge in [0.1, 0.15) is 0 Å². The maximum Gasteiger partial charge on any atom is 0.0162 e. The van der Waals surface area contributed by atoms with E-state index in [2.05, 4.69) is 67.7 Å². The first-order valence-electron chi connectivity index (χ1n) is 4.37. The molecule has 0 aromatic rings. The second-order valence-corrected chi connectivity index (χ2v) is 4.47. The Labute approximate surface area is 88.6 Å². The Morgan fingerprint density at radius 1 is 1.42 bits per heavy atom. The lowest BCUT2D eigenvalue weighted by molar-refractivity contribution is 0.532. The van der Waals surface area contributed by atoms with Crippen molar-refractivity contribution in [3.8, 4) is 0 Å². The lowest BCUT2D eigenvalue weighted by Crippen LogP contribution is -2.11. The molecule has 66 valence electrons. The maximum atomic E-state index is 2.41. The Hall–Kier alpha value is -0.0500. The highest BCUT2D eigenvalue weighted by atomic mass is 127. The largest absolute Gasteiger partial charge is 0.0873 e. The standard InChI is InChI=1S/C11H15I/c1-4-5-10-9(3)8(2)6-7-11(10)12/h4-9H,1-3H3/b5-4-. The molecule has 0 amide bonds. The van der Waals surface area contributed by atoms with Gasteiger partial charge in [-0.25, -0.2) is 0 Å². The zero-order valence-electron chi connectivity index (χ0n) is 7.84. The molecule has 0 bridgehead atoms. The average molecular weight is 274 g/mol. The molecule has 0 N–H and O–H groups in total. The number of allylic oxidation sites excluding steroid dienone is 6. The Kier molecular flexibility index (Phi) is 3.56. The second-order valence-electron chi connectivity index (χ2n) is 3.31. The number of hydrogen-bond acceptors (Lipinski definition) is 0. The molecule has 0 nitrogen and oxygen atoms in total. The van der Waals surface area contributed by atoms with Gasteiger partial charge in [-0.1, -0.05) is 38.2 Å². The van der Waals surface area contributed by atoms with Gasteiger partial charge >= 0.3 is 0 Å². The smallest absolute Gasteiger partial charge is 0.0162 e. The van der Waals surface area contributed by atoms with Crippen molar-refractivity contribution in [1.82, 2.24) is 0 Å². The maximum absolute atomic E-state index is 2.41. The topological polar surface area (TPSA) is 0 Å². The Morgan fingerprint density at radius 3 is 2.67 bits per heavy atom.